The molecule has 6 heteroatoms. The Kier molecular flexibility index (Phi) is 3.32. The third-order valence-corrected chi connectivity index (χ3v) is 5.18. The van der Waals surface area contributed by atoms with Crippen molar-refractivity contribution in [2.24, 2.45) is 11.3 Å². The molecule has 1 aromatic carbocycles. The van der Waals surface area contributed by atoms with E-state index >= 15 is 0 Å². The van der Waals surface area contributed by atoms with Gasteiger partial charge < -0.3 is 14.2 Å². The molecule has 6 nitrogen and oxygen atoms in total. The summed E-state index contributed by atoms with van der Waals surface area (Å²) in [5.74, 6) is 1.27. The average Bonchev–Trinajstić information content (AvgIpc) is 3.28. The Morgan fingerprint density at radius 3 is 3.00 bits per heavy atom. The second-order valence-corrected chi connectivity index (χ2v) is 6.38. The quantitative estimate of drug-likeness (QED) is 0.811. The van der Waals surface area contributed by atoms with Crippen LogP contribution >= 0.6 is 0 Å². The number of carbonyl (C=O) groups excluding carboxylic acids is 1. The monoisotopic (exact) mass is 313 g/mol. The lowest BCUT2D eigenvalue weighted by Gasteiger charge is -2.24. The van der Waals surface area contributed by atoms with Crippen molar-refractivity contribution < 1.29 is 14.1 Å². The molecule has 23 heavy (non-hydrogen) atoms. The van der Waals surface area contributed by atoms with Crippen molar-refractivity contribution in [1.82, 2.24) is 10.1 Å². The number of hydrogen-bond donors (Lipinski definition) is 0. The summed E-state index contributed by atoms with van der Waals surface area (Å²) in [6.45, 7) is 1.39. The topological polar surface area (TPSA) is 68.5 Å². The Balaban J connectivity index is 1.59. The molecule has 1 aliphatic heterocycles. The molecule has 2 heterocycles. The van der Waals surface area contributed by atoms with Gasteiger partial charge in [-0.25, -0.2) is 0 Å². The van der Waals surface area contributed by atoms with Gasteiger partial charge in [-0.15, -0.1) is 0 Å². The van der Waals surface area contributed by atoms with E-state index in [-0.39, 0.29) is 5.97 Å². The summed E-state index contributed by atoms with van der Waals surface area (Å²) >= 11 is 0. The first kappa shape index (κ1) is 14.2. The van der Waals surface area contributed by atoms with Crippen LogP contribution in [0, 0.1) is 11.3 Å². The molecular weight excluding hydrogens is 294 g/mol. The van der Waals surface area contributed by atoms with Gasteiger partial charge in [0.15, 0.2) is 0 Å². The van der Waals surface area contributed by atoms with E-state index in [1.807, 2.05) is 30.3 Å². The van der Waals surface area contributed by atoms with Crippen molar-refractivity contribution in [3.8, 4) is 11.5 Å². The molecule has 0 spiro atoms. The molecule has 2 atom stereocenters. The lowest BCUT2D eigenvalue weighted by molar-refractivity contribution is -0.152. The zero-order chi connectivity index (χ0) is 15.9. The number of rotatable bonds is 3. The second-order valence-electron chi connectivity index (χ2n) is 6.38. The Hall–Kier alpha value is -2.37. The third kappa shape index (κ3) is 2.20. The minimum atomic E-state index is -0.401. The Morgan fingerprint density at radius 2 is 2.22 bits per heavy atom. The molecular formula is C17H19N3O3. The molecule has 1 saturated carbocycles. The van der Waals surface area contributed by atoms with Gasteiger partial charge in [0, 0.05) is 18.7 Å². The van der Waals surface area contributed by atoms with Gasteiger partial charge >= 0.3 is 5.97 Å². The van der Waals surface area contributed by atoms with E-state index in [4.69, 9.17) is 9.26 Å². The lowest BCUT2D eigenvalue weighted by Crippen LogP contribution is -2.37. The van der Waals surface area contributed by atoms with Crippen molar-refractivity contribution in [3.63, 3.8) is 0 Å². The molecule has 2 fully saturated rings. The molecule has 0 N–H and O–H groups in total. The highest BCUT2D eigenvalue weighted by Gasteiger charge is 2.56. The number of carbonyl (C=O) groups is 1. The largest absolute Gasteiger partial charge is 0.469 e. The summed E-state index contributed by atoms with van der Waals surface area (Å²) in [5, 5.41) is 4.11. The molecule has 1 aromatic heterocycles. The van der Waals surface area contributed by atoms with Crippen LogP contribution in [0.3, 0.4) is 0 Å². The Bertz CT molecular complexity index is 715. The van der Waals surface area contributed by atoms with E-state index in [0.29, 0.717) is 24.3 Å². The first-order valence-corrected chi connectivity index (χ1v) is 7.95. The van der Waals surface area contributed by atoms with Crippen molar-refractivity contribution in [2.45, 2.75) is 19.3 Å². The summed E-state index contributed by atoms with van der Waals surface area (Å²) in [5.41, 5.74) is 0.496. The van der Waals surface area contributed by atoms with Crippen molar-refractivity contribution in [2.75, 3.05) is 25.1 Å². The number of benzene rings is 1. The van der Waals surface area contributed by atoms with Gasteiger partial charge in [0.2, 0.25) is 0 Å². The van der Waals surface area contributed by atoms with Crippen LogP contribution in [0.15, 0.2) is 34.9 Å². The molecule has 2 aliphatic rings. The first-order valence-electron chi connectivity index (χ1n) is 7.95. The smallest absolute Gasteiger partial charge is 0.313 e. The number of nitrogens with zero attached hydrogens (tertiary/aromatic N) is 3. The highest BCUT2D eigenvalue weighted by molar-refractivity contribution is 5.79. The Morgan fingerprint density at radius 1 is 1.39 bits per heavy atom. The van der Waals surface area contributed by atoms with Gasteiger partial charge in [-0.2, -0.15) is 4.98 Å². The van der Waals surface area contributed by atoms with Crippen molar-refractivity contribution >= 4 is 11.9 Å². The van der Waals surface area contributed by atoms with Crippen molar-refractivity contribution in [1.29, 1.82) is 0 Å². The van der Waals surface area contributed by atoms with Gasteiger partial charge in [-0.1, -0.05) is 24.6 Å². The molecule has 0 bridgehead atoms. The van der Waals surface area contributed by atoms with Crippen LogP contribution in [0.2, 0.25) is 0 Å². The maximum absolute atomic E-state index is 12.3. The first-order chi connectivity index (χ1) is 11.2. The molecule has 4 rings (SSSR count). The summed E-state index contributed by atoms with van der Waals surface area (Å²) < 4.78 is 10.5. The molecule has 2 aromatic rings. The van der Waals surface area contributed by atoms with Crippen LogP contribution in [-0.2, 0) is 9.53 Å². The summed E-state index contributed by atoms with van der Waals surface area (Å²) in [4.78, 5) is 18.9. The number of aromatic nitrogens is 2. The maximum Gasteiger partial charge on any atom is 0.313 e. The Labute approximate surface area is 134 Å². The normalized spacial score (nSPS) is 26.3. The van der Waals surface area contributed by atoms with E-state index in [0.717, 1.165) is 31.4 Å². The van der Waals surface area contributed by atoms with E-state index in [1.54, 1.807) is 0 Å². The van der Waals surface area contributed by atoms with E-state index < -0.39 is 5.41 Å². The molecule has 120 valence electrons. The fraction of sp³-hybridized carbons (Fsp3) is 0.471. The maximum atomic E-state index is 12.3. The molecule has 2 unspecified atom stereocenters. The van der Waals surface area contributed by atoms with E-state index in [2.05, 4.69) is 15.0 Å². The van der Waals surface area contributed by atoms with Crippen LogP contribution in [0.4, 0.5) is 5.95 Å². The number of fused-ring (bicyclic) bond motifs is 1. The molecule has 1 saturated heterocycles. The molecule has 0 radical (unpaired) electrons. The molecule has 1 aliphatic carbocycles. The number of hydrogen-bond acceptors (Lipinski definition) is 6. The lowest BCUT2D eigenvalue weighted by atomic mass is 9.81. The number of esters is 1. The number of ether oxygens (including phenoxy) is 1. The van der Waals surface area contributed by atoms with Crippen LogP contribution in [-0.4, -0.2) is 36.3 Å². The summed E-state index contributed by atoms with van der Waals surface area (Å²) in [6, 6.07) is 9.69. The van der Waals surface area contributed by atoms with Crippen molar-refractivity contribution in [3.05, 3.63) is 30.3 Å². The second kappa shape index (κ2) is 5.37. The minimum absolute atomic E-state index is 0.103. The number of anilines is 1. The zero-order valence-corrected chi connectivity index (χ0v) is 13.1. The van der Waals surface area contributed by atoms with Crippen LogP contribution in [0.5, 0.6) is 0 Å². The fourth-order valence-electron chi connectivity index (χ4n) is 4.02. The highest BCUT2D eigenvalue weighted by Crippen LogP contribution is 2.50. The third-order valence-electron chi connectivity index (χ3n) is 5.18. The average molecular weight is 313 g/mol. The SMILES string of the molecule is COC(=O)C12CCCC1CN(c1noc(-c3ccccc3)n1)C2. The van der Waals surface area contributed by atoms with Gasteiger partial charge in [-0.3, -0.25) is 4.79 Å². The van der Waals surface area contributed by atoms with Crippen LogP contribution < -0.4 is 4.90 Å². The predicted octanol–water partition coefficient (Wildman–Crippen LogP) is 2.52. The number of methoxy groups -OCH3 is 1. The molecule has 0 amide bonds. The van der Waals surface area contributed by atoms with Gasteiger partial charge in [-0.05, 0) is 36.0 Å². The van der Waals surface area contributed by atoms with Gasteiger partial charge in [0.1, 0.15) is 0 Å². The minimum Gasteiger partial charge on any atom is -0.469 e. The summed E-state index contributed by atoms with van der Waals surface area (Å²) in [6.07, 6.45) is 3.01. The fourth-order valence-corrected chi connectivity index (χ4v) is 4.02. The van der Waals surface area contributed by atoms with Gasteiger partial charge in [0.25, 0.3) is 11.8 Å². The van der Waals surface area contributed by atoms with E-state index in [9.17, 15) is 4.79 Å². The van der Waals surface area contributed by atoms with E-state index in [1.165, 1.54) is 7.11 Å². The highest BCUT2D eigenvalue weighted by atomic mass is 16.5. The van der Waals surface area contributed by atoms with Gasteiger partial charge in [0.05, 0.1) is 12.5 Å². The summed E-state index contributed by atoms with van der Waals surface area (Å²) in [7, 11) is 1.47. The zero-order valence-electron chi connectivity index (χ0n) is 13.1. The predicted molar refractivity (Wildman–Crippen MR) is 83.7 cm³/mol. The standard InChI is InChI=1S/C17H19N3O3/c1-22-15(21)17-9-5-8-13(17)10-20(11-17)16-18-14(23-19-16)12-6-3-2-4-7-12/h2-4,6-7,13H,5,8-11H2,1H3. The van der Waals surface area contributed by atoms with Crippen LogP contribution in [0.1, 0.15) is 19.3 Å². The van der Waals surface area contributed by atoms with Crippen LogP contribution in [0.25, 0.3) is 11.5 Å².